The first-order chi connectivity index (χ1) is 11.1. The molecule has 7 heteroatoms. The monoisotopic (exact) mass is 316 g/mol. The number of amides is 1. The number of piperidine rings is 1. The van der Waals surface area contributed by atoms with Gasteiger partial charge in [0, 0.05) is 24.5 Å². The van der Waals surface area contributed by atoms with E-state index in [1.54, 1.807) is 18.6 Å². The quantitative estimate of drug-likeness (QED) is 0.854. The van der Waals surface area contributed by atoms with Gasteiger partial charge in [-0.05, 0) is 26.7 Å². The number of nitrogens with zero attached hydrogens (tertiary/aromatic N) is 4. The molecule has 1 aliphatic rings. The largest absolute Gasteiger partial charge is 0.471 e. The van der Waals surface area contributed by atoms with Crippen molar-refractivity contribution >= 4 is 5.91 Å². The van der Waals surface area contributed by atoms with Crippen molar-refractivity contribution in [3.63, 3.8) is 0 Å². The highest BCUT2D eigenvalue weighted by Crippen LogP contribution is 2.19. The molecule has 1 amide bonds. The second-order valence-electron chi connectivity index (χ2n) is 5.74. The van der Waals surface area contributed by atoms with Crippen LogP contribution in [0.4, 0.5) is 0 Å². The highest BCUT2D eigenvalue weighted by Gasteiger charge is 2.26. The van der Waals surface area contributed by atoms with Crippen molar-refractivity contribution in [2.24, 2.45) is 0 Å². The predicted molar refractivity (Wildman–Crippen MR) is 81.9 cm³/mol. The molecule has 1 saturated heterocycles. The summed E-state index contributed by atoms with van der Waals surface area (Å²) in [6.07, 6.45) is 6.88. The lowest BCUT2D eigenvalue weighted by Gasteiger charge is -2.32. The lowest BCUT2D eigenvalue weighted by atomic mass is 10.1. The molecular weight excluding hydrogens is 296 g/mol. The molecule has 0 N–H and O–H groups in total. The maximum atomic E-state index is 12.5. The highest BCUT2D eigenvalue weighted by atomic mass is 16.5. The van der Waals surface area contributed by atoms with E-state index in [1.807, 2.05) is 18.7 Å². The number of rotatable bonds is 4. The molecule has 0 aliphatic carbocycles. The molecule has 0 radical (unpaired) electrons. The van der Waals surface area contributed by atoms with E-state index < -0.39 is 0 Å². The van der Waals surface area contributed by atoms with Crippen LogP contribution in [0.2, 0.25) is 0 Å². The van der Waals surface area contributed by atoms with Gasteiger partial charge in [0.1, 0.15) is 11.9 Å². The molecule has 2 aromatic heterocycles. The number of hydrogen-bond acceptors (Lipinski definition) is 6. The molecule has 1 fully saturated rings. The molecule has 2 aromatic rings. The van der Waals surface area contributed by atoms with Crippen LogP contribution >= 0.6 is 0 Å². The van der Waals surface area contributed by atoms with E-state index >= 15 is 0 Å². The molecule has 0 saturated carbocycles. The van der Waals surface area contributed by atoms with Crippen molar-refractivity contribution in [2.75, 3.05) is 13.1 Å². The fraction of sp³-hybridized carbons (Fsp3) is 0.500. The van der Waals surface area contributed by atoms with Crippen molar-refractivity contribution in [1.82, 2.24) is 20.0 Å². The average molecular weight is 316 g/mol. The third-order valence-electron chi connectivity index (χ3n) is 4.07. The Morgan fingerprint density at radius 3 is 3.00 bits per heavy atom. The normalized spacial score (nSPS) is 18.0. The summed E-state index contributed by atoms with van der Waals surface area (Å²) >= 11 is 0. The maximum Gasteiger partial charge on any atom is 0.232 e. The van der Waals surface area contributed by atoms with Crippen LogP contribution in [0.5, 0.6) is 5.88 Å². The van der Waals surface area contributed by atoms with Crippen LogP contribution in [-0.4, -0.2) is 45.1 Å². The zero-order valence-corrected chi connectivity index (χ0v) is 13.4. The number of aryl methyl sites for hydroxylation is 2. The molecule has 23 heavy (non-hydrogen) atoms. The topological polar surface area (TPSA) is 81.4 Å². The fourth-order valence-electron chi connectivity index (χ4n) is 2.80. The lowest BCUT2D eigenvalue weighted by molar-refractivity contribution is -0.133. The summed E-state index contributed by atoms with van der Waals surface area (Å²) in [5.74, 6) is 1.28. The van der Waals surface area contributed by atoms with E-state index in [9.17, 15) is 4.79 Å². The summed E-state index contributed by atoms with van der Waals surface area (Å²) in [5, 5.41) is 3.90. The van der Waals surface area contributed by atoms with Crippen LogP contribution in [0.25, 0.3) is 0 Å². The second-order valence-corrected chi connectivity index (χ2v) is 5.74. The van der Waals surface area contributed by atoms with Gasteiger partial charge >= 0.3 is 0 Å². The smallest absolute Gasteiger partial charge is 0.232 e. The van der Waals surface area contributed by atoms with E-state index in [0.29, 0.717) is 24.6 Å². The molecule has 0 aromatic carbocycles. The third kappa shape index (κ3) is 3.67. The Bertz CT molecular complexity index is 652. The Balaban J connectivity index is 1.61. The first-order valence-electron chi connectivity index (χ1n) is 7.75. The van der Waals surface area contributed by atoms with Crippen molar-refractivity contribution in [3.05, 3.63) is 35.6 Å². The summed E-state index contributed by atoms with van der Waals surface area (Å²) in [6.45, 7) is 5.01. The van der Waals surface area contributed by atoms with Gasteiger partial charge in [0.25, 0.3) is 0 Å². The van der Waals surface area contributed by atoms with E-state index in [0.717, 1.165) is 30.6 Å². The molecule has 122 valence electrons. The van der Waals surface area contributed by atoms with Crippen molar-refractivity contribution in [3.8, 4) is 5.88 Å². The molecule has 0 spiro atoms. The molecule has 0 unspecified atom stereocenters. The summed E-state index contributed by atoms with van der Waals surface area (Å²) in [5.41, 5.74) is 1.66. The number of carbonyl (C=O) groups is 1. The Morgan fingerprint density at radius 2 is 2.30 bits per heavy atom. The molecule has 3 heterocycles. The standard InChI is InChI=1S/C16H20N4O3/c1-11-14(12(2)23-19-11)8-16(21)20-7-3-4-13(10-20)22-15-9-17-5-6-18-15/h5-6,9,13H,3-4,7-8,10H2,1-2H3/t13-/m0/s1. The summed E-state index contributed by atoms with van der Waals surface area (Å²) < 4.78 is 10.9. The van der Waals surface area contributed by atoms with Gasteiger partial charge in [-0.3, -0.25) is 9.78 Å². The molecule has 0 bridgehead atoms. The van der Waals surface area contributed by atoms with E-state index in [4.69, 9.17) is 9.26 Å². The second kappa shape index (κ2) is 6.76. The number of ether oxygens (including phenoxy) is 1. The molecule has 7 nitrogen and oxygen atoms in total. The van der Waals surface area contributed by atoms with Crippen molar-refractivity contribution < 1.29 is 14.1 Å². The fourth-order valence-corrected chi connectivity index (χ4v) is 2.80. The Kier molecular flexibility index (Phi) is 4.55. The minimum atomic E-state index is -0.0472. The van der Waals surface area contributed by atoms with Gasteiger partial charge in [-0.1, -0.05) is 5.16 Å². The van der Waals surface area contributed by atoms with Crippen molar-refractivity contribution in [1.29, 1.82) is 0 Å². The molecule has 1 atom stereocenters. The van der Waals surface area contributed by atoms with Crippen molar-refractivity contribution in [2.45, 2.75) is 39.2 Å². The van der Waals surface area contributed by atoms with E-state index in [1.165, 1.54) is 0 Å². The van der Waals surface area contributed by atoms with Gasteiger partial charge in [-0.2, -0.15) is 0 Å². The van der Waals surface area contributed by atoms with Gasteiger partial charge in [0.15, 0.2) is 0 Å². The zero-order chi connectivity index (χ0) is 16.2. The number of carbonyl (C=O) groups excluding carboxylic acids is 1. The first-order valence-corrected chi connectivity index (χ1v) is 7.75. The minimum Gasteiger partial charge on any atom is -0.471 e. The van der Waals surface area contributed by atoms with Crippen LogP contribution in [-0.2, 0) is 11.2 Å². The Morgan fingerprint density at radius 1 is 1.43 bits per heavy atom. The molecular formula is C16H20N4O3. The minimum absolute atomic E-state index is 0.0472. The third-order valence-corrected chi connectivity index (χ3v) is 4.07. The van der Waals surface area contributed by atoms with Crippen LogP contribution in [0, 0.1) is 13.8 Å². The number of hydrogen-bond donors (Lipinski definition) is 0. The Hall–Kier alpha value is -2.44. The van der Waals surface area contributed by atoms with Crippen LogP contribution in [0.15, 0.2) is 23.1 Å². The van der Waals surface area contributed by atoms with Crippen LogP contribution in [0.3, 0.4) is 0 Å². The van der Waals surface area contributed by atoms with Gasteiger partial charge in [0.05, 0.1) is 24.9 Å². The highest BCUT2D eigenvalue weighted by molar-refractivity contribution is 5.79. The first kappa shape index (κ1) is 15.5. The van der Waals surface area contributed by atoms with Crippen LogP contribution in [0.1, 0.15) is 29.9 Å². The lowest BCUT2D eigenvalue weighted by Crippen LogP contribution is -2.45. The van der Waals surface area contributed by atoms with Gasteiger partial charge in [-0.15, -0.1) is 0 Å². The number of likely N-dealkylation sites (tertiary alicyclic amines) is 1. The SMILES string of the molecule is Cc1noc(C)c1CC(=O)N1CCC[C@H](Oc2cnccn2)C1. The van der Waals surface area contributed by atoms with Gasteiger partial charge in [0.2, 0.25) is 11.8 Å². The maximum absolute atomic E-state index is 12.5. The van der Waals surface area contributed by atoms with E-state index in [2.05, 4.69) is 15.1 Å². The molecule has 1 aliphatic heterocycles. The number of aromatic nitrogens is 3. The predicted octanol–water partition coefficient (Wildman–Crippen LogP) is 1.69. The zero-order valence-electron chi connectivity index (χ0n) is 13.4. The van der Waals surface area contributed by atoms with E-state index in [-0.39, 0.29) is 12.0 Å². The Labute approximate surface area is 134 Å². The van der Waals surface area contributed by atoms with Crippen LogP contribution < -0.4 is 4.74 Å². The molecule has 3 rings (SSSR count). The summed E-state index contributed by atoms with van der Waals surface area (Å²) in [4.78, 5) is 22.5. The average Bonchev–Trinajstić information content (AvgIpc) is 2.88. The van der Waals surface area contributed by atoms with Gasteiger partial charge in [-0.25, -0.2) is 4.98 Å². The summed E-state index contributed by atoms with van der Waals surface area (Å²) in [6, 6.07) is 0. The summed E-state index contributed by atoms with van der Waals surface area (Å²) in [7, 11) is 0. The van der Waals surface area contributed by atoms with Gasteiger partial charge < -0.3 is 14.2 Å².